The molecule has 1 aromatic heterocycles. The van der Waals surface area contributed by atoms with Crippen molar-refractivity contribution in [3.8, 4) is 0 Å². The second-order valence-corrected chi connectivity index (χ2v) is 16.9. The highest BCUT2D eigenvalue weighted by Crippen LogP contribution is 2.41. The second kappa shape index (κ2) is 18.9. The van der Waals surface area contributed by atoms with Crippen molar-refractivity contribution in [2.24, 2.45) is 29.1 Å². The van der Waals surface area contributed by atoms with E-state index in [1.165, 1.54) is 24.7 Å². The Hall–Kier alpha value is -4.16. The van der Waals surface area contributed by atoms with E-state index in [-0.39, 0.29) is 41.8 Å². The molecule has 5 rings (SSSR count). The van der Waals surface area contributed by atoms with Crippen molar-refractivity contribution in [1.29, 1.82) is 0 Å². The Labute approximate surface area is 320 Å². The summed E-state index contributed by atoms with van der Waals surface area (Å²) in [5.74, 6) is -2.95. The van der Waals surface area contributed by atoms with Gasteiger partial charge in [-0.05, 0) is 74.0 Å². The van der Waals surface area contributed by atoms with Crippen molar-refractivity contribution < 1.29 is 28.8 Å². The van der Waals surface area contributed by atoms with Gasteiger partial charge in [0.25, 0.3) is 11.8 Å². The van der Waals surface area contributed by atoms with E-state index in [2.05, 4.69) is 51.7 Å². The second-order valence-electron chi connectivity index (χ2n) is 16.9. The lowest BCUT2D eigenvalue weighted by Gasteiger charge is -2.43. The number of hydrogen-bond acceptors (Lipinski definition) is 8. The fourth-order valence-corrected chi connectivity index (χ4v) is 8.97. The van der Waals surface area contributed by atoms with Crippen LogP contribution in [0, 0.1) is 29.1 Å². The minimum absolute atomic E-state index is 0.108. The van der Waals surface area contributed by atoms with Gasteiger partial charge in [-0.25, -0.2) is 4.98 Å². The van der Waals surface area contributed by atoms with E-state index in [4.69, 9.17) is 0 Å². The van der Waals surface area contributed by atoms with E-state index in [1.54, 1.807) is 4.90 Å². The number of ketones is 1. The number of rotatable bonds is 17. The van der Waals surface area contributed by atoms with Gasteiger partial charge in [0.05, 0.1) is 12.2 Å². The van der Waals surface area contributed by atoms with Crippen molar-refractivity contribution >= 4 is 35.3 Å². The summed E-state index contributed by atoms with van der Waals surface area (Å²) in [6, 6.07) is -3.70. The van der Waals surface area contributed by atoms with Gasteiger partial charge in [-0.1, -0.05) is 78.2 Å². The van der Waals surface area contributed by atoms with Gasteiger partial charge in [-0.3, -0.25) is 33.8 Å². The van der Waals surface area contributed by atoms with Gasteiger partial charge in [0.1, 0.15) is 23.8 Å². The number of nitrogens with one attached hydrogen (secondary N) is 4. The number of carbonyl (C=O) groups is 6. The Bertz CT molecular complexity index is 1500. The molecule has 5 amide bonds. The number of aromatic nitrogens is 2. The highest BCUT2D eigenvalue weighted by molar-refractivity contribution is 6.38. The van der Waals surface area contributed by atoms with Gasteiger partial charge in [0.2, 0.25) is 23.5 Å². The van der Waals surface area contributed by atoms with Crippen LogP contribution in [0.15, 0.2) is 31.2 Å². The van der Waals surface area contributed by atoms with Crippen molar-refractivity contribution in [1.82, 2.24) is 36.1 Å². The van der Waals surface area contributed by atoms with Crippen LogP contribution in [0.5, 0.6) is 0 Å². The molecule has 13 heteroatoms. The van der Waals surface area contributed by atoms with Gasteiger partial charge >= 0.3 is 0 Å². The molecule has 296 valence electrons. The maximum atomic E-state index is 15.1. The van der Waals surface area contributed by atoms with Gasteiger partial charge in [0, 0.05) is 25.5 Å². The van der Waals surface area contributed by atoms with Gasteiger partial charge < -0.3 is 26.2 Å². The van der Waals surface area contributed by atoms with E-state index < -0.39 is 59.0 Å². The molecule has 0 radical (unpaired) electrons. The van der Waals surface area contributed by atoms with Crippen molar-refractivity contribution in [2.75, 3.05) is 13.1 Å². The van der Waals surface area contributed by atoms with Crippen LogP contribution in [0.3, 0.4) is 0 Å². The molecule has 4 N–H and O–H groups in total. The number of Topliss-reactive ketones (excluding diaryl/α,β-unsaturated/α-hetero) is 1. The lowest BCUT2D eigenvalue weighted by molar-refractivity contribution is -0.147. The lowest BCUT2D eigenvalue weighted by atomic mass is 9.69. The van der Waals surface area contributed by atoms with Gasteiger partial charge in [-0.15, -0.1) is 6.58 Å². The Morgan fingerprint density at radius 2 is 1.61 bits per heavy atom. The van der Waals surface area contributed by atoms with E-state index in [0.29, 0.717) is 25.8 Å². The molecule has 3 saturated carbocycles. The van der Waals surface area contributed by atoms with Crippen LogP contribution in [0.1, 0.15) is 128 Å². The predicted molar refractivity (Wildman–Crippen MR) is 204 cm³/mol. The van der Waals surface area contributed by atoms with Crippen LogP contribution in [0.2, 0.25) is 0 Å². The first kappa shape index (κ1) is 41.0. The zero-order valence-corrected chi connectivity index (χ0v) is 32.4. The third-order valence-electron chi connectivity index (χ3n) is 12.1. The molecule has 0 spiro atoms. The number of carbonyl (C=O) groups excluding carboxylic acids is 6. The van der Waals surface area contributed by atoms with Crippen molar-refractivity contribution in [2.45, 2.75) is 141 Å². The summed E-state index contributed by atoms with van der Waals surface area (Å²) < 4.78 is 0. The maximum absolute atomic E-state index is 15.1. The summed E-state index contributed by atoms with van der Waals surface area (Å²) in [6.45, 7) is 10.3. The van der Waals surface area contributed by atoms with Crippen molar-refractivity contribution in [3.63, 3.8) is 0 Å². The molecular formula is C41H61N7O6. The number of amides is 5. The lowest BCUT2D eigenvalue weighted by Crippen LogP contribution is -2.63. The van der Waals surface area contributed by atoms with Crippen LogP contribution >= 0.6 is 0 Å². The smallest absolute Gasteiger partial charge is 0.289 e. The summed E-state index contributed by atoms with van der Waals surface area (Å²) in [7, 11) is 0. The normalized spacial score (nSPS) is 23.1. The first-order valence-electron chi connectivity index (χ1n) is 20.3. The van der Waals surface area contributed by atoms with E-state index >= 15 is 4.79 Å². The maximum Gasteiger partial charge on any atom is 0.289 e. The molecule has 0 aromatic carbocycles. The van der Waals surface area contributed by atoms with E-state index in [9.17, 15) is 24.0 Å². The van der Waals surface area contributed by atoms with Crippen LogP contribution < -0.4 is 21.3 Å². The average Bonchev–Trinajstić information content (AvgIpc) is 3.90. The molecule has 5 atom stereocenters. The SMILES string of the molecule is C=CCNC(=O)C(=O)C(CC1CC1)NC(=O)[C@@H]1[C@@H](CC(C)C)CCN1C(=O)[C@@H](NC(=O)[C@@H](NC(=O)c1cnccn1)C1CCCCC1)C1(C)CCCCC1. The van der Waals surface area contributed by atoms with Crippen LogP contribution in [-0.4, -0.2) is 87.4 Å². The molecule has 4 fully saturated rings. The Morgan fingerprint density at radius 3 is 2.24 bits per heavy atom. The predicted octanol–water partition coefficient (Wildman–Crippen LogP) is 4.03. The fourth-order valence-electron chi connectivity index (χ4n) is 8.97. The highest BCUT2D eigenvalue weighted by atomic mass is 16.2. The third kappa shape index (κ3) is 10.5. The number of nitrogens with zero attached hydrogens (tertiary/aromatic N) is 3. The average molecular weight is 748 g/mol. The minimum atomic E-state index is -1.01. The Morgan fingerprint density at radius 1 is 0.907 bits per heavy atom. The zero-order valence-electron chi connectivity index (χ0n) is 32.4. The summed E-state index contributed by atoms with van der Waals surface area (Å²) in [5.41, 5.74) is -0.473. The minimum Gasteiger partial charge on any atom is -0.346 e. The molecule has 13 nitrogen and oxygen atoms in total. The molecule has 0 bridgehead atoms. The highest BCUT2D eigenvalue weighted by Gasteiger charge is 2.50. The van der Waals surface area contributed by atoms with Gasteiger partial charge in [0.15, 0.2) is 0 Å². The first-order chi connectivity index (χ1) is 25.9. The molecule has 1 unspecified atom stereocenters. The molecule has 2 heterocycles. The largest absolute Gasteiger partial charge is 0.346 e. The molecule has 1 aromatic rings. The fraction of sp³-hybridized carbons (Fsp3) is 0.707. The van der Waals surface area contributed by atoms with Crippen LogP contribution in [0.25, 0.3) is 0 Å². The summed E-state index contributed by atoms with van der Waals surface area (Å²) >= 11 is 0. The van der Waals surface area contributed by atoms with E-state index in [1.807, 2.05) is 6.92 Å². The summed E-state index contributed by atoms with van der Waals surface area (Å²) in [5, 5.41) is 11.6. The van der Waals surface area contributed by atoms with Crippen molar-refractivity contribution in [3.05, 3.63) is 36.9 Å². The molecule has 54 heavy (non-hydrogen) atoms. The summed E-state index contributed by atoms with van der Waals surface area (Å²) in [6.07, 6.45) is 18.1. The zero-order chi connectivity index (χ0) is 38.8. The third-order valence-corrected chi connectivity index (χ3v) is 12.1. The Balaban J connectivity index is 1.43. The van der Waals surface area contributed by atoms with E-state index in [0.717, 1.165) is 77.0 Å². The molecule has 4 aliphatic rings. The van der Waals surface area contributed by atoms with Gasteiger partial charge in [-0.2, -0.15) is 0 Å². The quantitative estimate of drug-likeness (QED) is 0.136. The van der Waals surface area contributed by atoms with Crippen LogP contribution in [0.4, 0.5) is 0 Å². The van der Waals surface area contributed by atoms with Crippen LogP contribution in [-0.2, 0) is 24.0 Å². The molecule has 1 saturated heterocycles. The topological polar surface area (TPSA) is 180 Å². The molecular weight excluding hydrogens is 686 g/mol. The summed E-state index contributed by atoms with van der Waals surface area (Å²) in [4.78, 5) is 93.3. The number of hydrogen-bond donors (Lipinski definition) is 4. The molecule has 1 aliphatic heterocycles. The molecule has 3 aliphatic carbocycles. The first-order valence-corrected chi connectivity index (χ1v) is 20.3. The number of likely N-dealkylation sites (tertiary alicyclic amines) is 1. The standard InChI is InChI=1S/C41H61N7O6/c1-5-19-44-39(53)34(49)30(24-27-14-15-27)45-38(52)33-29(23-26(2)3)16-22-48(33)40(54)35(41(4)17-10-7-11-18-41)47-37(51)32(28-12-8-6-9-13-28)46-36(50)31-25-42-20-21-43-31/h5,20-21,25-30,32-33,35H,1,6-19,22-24H2,2-4H3,(H,44,53)(H,45,52)(H,46,50)(H,47,51)/t29-,30?,32+,33+,35-/m1/s1. The monoisotopic (exact) mass is 747 g/mol. The Kier molecular flexibility index (Phi) is 14.4.